The van der Waals surface area contributed by atoms with E-state index in [2.05, 4.69) is 0 Å². The van der Waals surface area contributed by atoms with E-state index in [-0.39, 0.29) is 11.4 Å². The molecule has 0 aromatic carbocycles. The zero-order valence-electron chi connectivity index (χ0n) is 7.48. The largest absolute Gasteiger partial charge is 0.491 e. The van der Waals surface area contributed by atoms with Crippen LogP contribution in [0.3, 0.4) is 0 Å². The van der Waals surface area contributed by atoms with Crippen molar-refractivity contribution in [1.29, 1.82) is 0 Å². The molecule has 1 rings (SSSR count). The Balaban J connectivity index is 3.29. The van der Waals surface area contributed by atoms with Gasteiger partial charge in [-0.15, -0.1) is 0 Å². The van der Waals surface area contributed by atoms with Crippen LogP contribution in [0.5, 0.6) is 5.75 Å². The van der Waals surface area contributed by atoms with Crippen LogP contribution in [-0.4, -0.2) is 17.7 Å². The predicted molar refractivity (Wildman–Crippen MR) is 49.1 cm³/mol. The lowest BCUT2D eigenvalue weighted by Gasteiger charge is -2.07. The molecule has 0 fully saturated rings. The minimum atomic E-state index is -0.646. The van der Waals surface area contributed by atoms with Crippen molar-refractivity contribution in [1.82, 2.24) is 10.1 Å². The summed E-state index contributed by atoms with van der Waals surface area (Å²) in [4.78, 5) is 22.3. The van der Waals surface area contributed by atoms with Crippen LogP contribution in [0.2, 0.25) is 0 Å². The highest BCUT2D eigenvalue weighted by Crippen LogP contribution is 2.02. The standard InChI is InChI=1S/C7H10N4O3/c1-14-6-3-11(9)4(2-5(6)12)7(13)10-8/h2-3H,8-9H2,1H3,(H,10,13). The first-order valence-corrected chi connectivity index (χ1v) is 3.67. The summed E-state index contributed by atoms with van der Waals surface area (Å²) in [7, 11) is 1.33. The summed E-state index contributed by atoms with van der Waals surface area (Å²) in [6, 6.07) is 1.04. The fraction of sp³-hybridized carbons (Fsp3) is 0.143. The van der Waals surface area contributed by atoms with Crippen LogP contribution in [0, 0.1) is 0 Å². The van der Waals surface area contributed by atoms with Crippen LogP contribution in [0.25, 0.3) is 0 Å². The molecule has 0 aliphatic rings. The number of nitrogen functional groups attached to an aromatic ring is 2. The maximum absolute atomic E-state index is 11.2. The number of nitrogens with two attached hydrogens (primary N) is 2. The molecule has 0 unspecified atom stereocenters. The van der Waals surface area contributed by atoms with Gasteiger partial charge in [-0.1, -0.05) is 0 Å². The SMILES string of the molecule is COc1cn(N)c(C(=O)NN)cc1=O. The van der Waals surface area contributed by atoms with Crippen molar-refractivity contribution >= 4 is 5.91 Å². The average molecular weight is 198 g/mol. The van der Waals surface area contributed by atoms with Gasteiger partial charge in [0, 0.05) is 6.07 Å². The zero-order chi connectivity index (χ0) is 10.7. The van der Waals surface area contributed by atoms with E-state index in [0.717, 1.165) is 10.7 Å². The highest BCUT2D eigenvalue weighted by Gasteiger charge is 2.11. The summed E-state index contributed by atoms with van der Waals surface area (Å²) in [6.07, 6.45) is 1.20. The summed E-state index contributed by atoms with van der Waals surface area (Å²) in [5.41, 5.74) is 1.39. The molecule has 0 saturated heterocycles. The molecule has 1 aromatic heterocycles. The van der Waals surface area contributed by atoms with E-state index in [1.54, 1.807) is 0 Å². The van der Waals surface area contributed by atoms with E-state index in [1.165, 1.54) is 13.3 Å². The van der Waals surface area contributed by atoms with Gasteiger partial charge in [0.05, 0.1) is 13.3 Å². The smallest absolute Gasteiger partial charge is 0.283 e. The third-order valence-corrected chi connectivity index (χ3v) is 1.63. The fourth-order valence-corrected chi connectivity index (χ4v) is 0.939. The highest BCUT2D eigenvalue weighted by atomic mass is 16.5. The van der Waals surface area contributed by atoms with Crippen LogP contribution in [0.4, 0.5) is 0 Å². The van der Waals surface area contributed by atoms with Crippen LogP contribution in [0.15, 0.2) is 17.1 Å². The number of hydrogen-bond acceptors (Lipinski definition) is 5. The molecule has 0 spiro atoms. The number of pyridine rings is 1. The molecule has 5 N–H and O–H groups in total. The summed E-state index contributed by atoms with van der Waals surface area (Å²) >= 11 is 0. The Hall–Kier alpha value is -2.02. The quantitative estimate of drug-likeness (QED) is 0.294. The molecule has 0 bridgehead atoms. The minimum Gasteiger partial charge on any atom is -0.491 e. The Kier molecular flexibility index (Phi) is 2.73. The van der Waals surface area contributed by atoms with Crippen LogP contribution in [0.1, 0.15) is 10.5 Å². The summed E-state index contributed by atoms with van der Waals surface area (Å²) in [6.45, 7) is 0. The molecule has 0 aliphatic carbocycles. The maximum Gasteiger partial charge on any atom is 0.283 e. The number of amides is 1. The normalized spacial score (nSPS) is 9.57. The molecule has 14 heavy (non-hydrogen) atoms. The number of ether oxygens (including phenoxy) is 1. The molecule has 0 atom stereocenters. The second-order valence-corrected chi connectivity index (χ2v) is 2.47. The zero-order valence-corrected chi connectivity index (χ0v) is 7.48. The Morgan fingerprint density at radius 1 is 1.64 bits per heavy atom. The Labute approximate surface area is 79.2 Å². The number of aromatic nitrogens is 1. The van der Waals surface area contributed by atoms with Gasteiger partial charge in [0.2, 0.25) is 5.43 Å². The lowest BCUT2D eigenvalue weighted by atomic mass is 10.3. The third-order valence-electron chi connectivity index (χ3n) is 1.63. The molecule has 0 radical (unpaired) electrons. The second kappa shape index (κ2) is 3.79. The second-order valence-electron chi connectivity index (χ2n) is 2.47. The summed E-state index contributed by atoms with van der Waals surface area (Å²) in [5, 5.41) is 0. The summed E-state index contributed by atoms with van der Waals surface area (Å²) < 4.78 is 5.68. The van der Waals surface area contributed by atoms with E-state index >= 15 is 0 Å². The number of carbonyl (C=O) groups excluding carboxylic acids is 1. The van der Waals surface area contributed by atoms with Gasteiger partial charge >= 0.3 is 0 Å². The van der Waals surface area contributed by atoms with Gasteiger partial charge in [0.15, 0.2) is 5.75 Å². The molecule has 1 heterocycles. The molecule has 1 amide bonds. The number of nitrogens with zero attached hydrogens (tertiary/aromatic N) is 1. The number of hydrogen-bond donors (Lipinski definition) is 3. The minimum absolute atomic E-state index is 0.0432. The van der Waals surface area contributed by atoms with Gasteiger partial charge in [-0.25, -0.2) is 5.84 Å². The number of carbonyl (C=O) groups is 1. The molecule has 0 saturated carbocycles. The molecular weight excluding hydrogens is 188 g/mol. The van der Waals surface area contributed by atoms with Crippen molar-refractivity contribution < 1.29 is 9.53 Å². The van der Waals surface area contributed by atoms with Gasteiger partial charge in [0.25, 0.3) is 5.91 Å². The highest BCUT2D eigenvalue weighted by molar-refractivity contribution is 5.92. The van der Waals surface area contributed by atoms with Crippen molar-refractivity contribution in [3.05, 3.63) is 28.2 Å². The lowest BCUT2D eigenvalue weighted by Crippen LogP contribution is -2.35. The van der Waals surface area contributed by atoms with Gasteiger partial charge < -0.3 is 10.6 Å². The van der Waals surface area contributed by atoms with E-state index in [0.29, 0.717) is 0 Å². The van der Waals surface area contributed by atoms with Crippen molar-refractivity contribution in [2.45, 2.75) is 0 Å². The van der Waals surface area contributed by atoms with Crippen molar-refractivity contribution in [2.24, 2.45) is 5.84 Å². The van der Waals surface area contributed by atoms with Crippen LogP contribution < -0.4 is 27.3 Å². The fourth-order valence-electron chi connectivity index (χ4n) is 0.939. The Morgan fingerprint density at radius 3 is 2.79 bits per heavy atom. The van der Waals surface area contributed by atoms with Crippen LogP contribution in [-0.2, 0) is 0 Å². The molecule has 76 valence electrons. The van der Waals surface area contributed by atoms with E-state index in [4.69, 9.17) is 16.4 Å². The first-order valence-electron chi connectivity index (χ1n) is 3.67. The first-order chi connectivity index (χ1) is 6.60. The molecular formula is C7H10N4O3. The van der Waals surface area contributed by atoms with Gasteiger partial charge in [-0.05, 0) is 0 Å². The van der Waals surface area contributed by atoms with Gasteiger partial charge in [0.1, 0.15) is 5.69 Å². The predicted octanol–water partition coefficient (Wildman–Crippen LogP) is -1.83. The van der Waals surface area contributed by atoms with E-state index in [9.17, 15) is 9.59 Å². The third kappa shape index (κ3) is 1.67. The van der Waals surface area contributed by atoms with Crippen molar-refractivity contribution in [3.63, 3.8) is 0 Å². The van der Waals surface area contributed by atoms with Crippen molar-refractivity contribution in [2.75, 3.05) is 13.0 Å². The monoisotopic (exact) mass is 198 g/mol. The molecule has 0 aliphatic heterocycles. The molecule has 7 heteroatoms. The number of hydrazine groups is 1. The number of methoxy groups -OCH3 is 1. The Bertz CT molecular complexity index is 412. The maximum atomic E-state index is 11.2. The molecule has 7 nitrogen and oxygen atoms in total. The summed E-state index contributed by atoms with van der Waals surface area (Å²) in [5.74, 6) is 9.73. The first kappa shape index (κ1) is 10.1. The van der Waals surface area contributed by atoms with Crippen molar-refractivity contribution in [3.8, 4) is 5.75 Å². The topological polar surface area (TPSA) is 112 Å². The number of rotatable bonds is 2. The van der Waals surface area contributed by atoms with Crippen LogP contribution >= 0.6 is 0 Å². The lowest BCUT2D eigenvalue weighted by molar-refractivity contribution is 0.0945. The molecule has 1 aromatic rings. The Morgan fingerprint density at radius 2 is 2.29 bits per heavy atom. The number of nitrogens with one attached hydrogen (secondary N) is 1. The van der Waals surface area contributed by atoms with E-state index in [1.807, 2.05) is 5.43 Å². The van der Waals surface area contributed by atoms with Gasteiger partial charge in [-0.3, -0.25) is 19.7 Å². The van der Waals surface area contributed by atoms with E-state index < -0.39 is 11.3 Å². The van der Waals surface area contributed by atoms with Gasteiger partial charge in [-0.2, -0.15) is 0 Å². The average Bonchev–Trinajstić information content (AvgIpc) is 2.19.